The molecule has 0 bridgehead atoms. The van der Waals surface area contributed by atoms with Gasteiger partial charge in [-0.3, -0.25) is 4.79 Å². The van der Waals surface area contributed by atoms with Crippen molar-refractivity contribution in [3.8, 4) is 0 Å². The fourth-order valence-electron chi connectivity index (χ4n) is 13.9. The molecule has 6 fully saturated rings. The molecule has 57 heavy (non-hydrogen) atoms. The minimum atomic E-state index is -1.75. The molecule has 21 atom stereocenters. The number of carbonyl (C=O) groups is 1. The first-order valence-electron chi connectivity index (χ1n) is 21.1. The molecule has 0 aromatic heterocycles. The fraction of sp³-hybridized carbons (Fsp3) is 0.929. The van der Waals surface area contributed by atoms with Crippen molar-refractivity contribution in [2.75, 3.05) is 13.2 Å². The summed E-state index contributed by atoms with van der Waals surface area (Å²) in [4.78, 5) is 14.6. The summed E-state index contributed by atoms with van der Waals surface area (Å²) in [5, 5.41) is 107. The molecule has 5 aliphatic carbocycles. The van der Waals surface area contributed by atoms with Crippen LogP contribution in [0.1, 0.15) is 99.8 Å². The second kappa shape index (κ2) is 14.7. The third-order valence-corrected chi connectivity index (χ3v) is 17.6. The summed E-state index contributed by atoms with van der Waals surface area (Å²) in [5.41, 5.74) is -3.32. The molecule has 0 amide bonds. The molecule has 15 heteroatoms. The van der Waals surface area contributed by atoms with E-state index < -0.39 is 126 Å². The van der Waals surface area contributed by atoms with Gasteiger partial charge in [-0.1, -0.05) is 53.2 Å². The third kappa shape index (κ3) is 6.18. The minimum Gasteiger partial charge on any atom is -0.432 e. The van der Waals surface area contributed by atoms with E-state index in [9.17, 15) is 55.9 Å². The van der Waals surface area contributed by atoms with E-state index in [-0.39, 0.29) is 23.2 Å². The van der Waals surface area contributed by atoms with E-state index in [2.05, 4.69) is 40.7 Å². The Morgan fingerprint density at radius 1 is 0.754 bits per heavy atom. The lowest BCUT2D eigenvalue weighted by atomic mass is 9.33. The first-order chi connectivity index (χ1) is 26.5. The number of carbonyl (C=O) groups excluding carboxylic acids is 1. The Kier molecular flexibility index (Phi) is 11.3. The highest BCUT2D eigenvalue weighted by Crippen LogP contribution is 2.76. The second-order valence-corrected chi connectivity index (χ2v) is 20.5. The van der Waals surface area contributed by atoms with Crippen LogP contribution in [0.2, 0.25) is 0 Å². The molecule has 0 aromatic carbocycles. The maximum atomic E-state index is 14.6. The molecule has 4 saturated carbocycles. The second-order valence-electron chi connectivity index (χ2n) is 20.5. The molecule has 0 aromatic rings. The Bertz CT molecular complexity index is 1550. The lowest BCUT2D eigenvalue weighted by molar-refractivity contribution is -0.341. The highest BCUT2D eigenvalue weighted by atomic mass is 16.7. The summed E-state index contributed by atoms with van der Waals surface area (Å²) in [6.45, 7) is 13.5. The molecule has 10 N–H and O–H groups in total. The van der Waals surface area contributed by atoms with Gasteiger partial charge in [0.1, 0.15) is 48.8 Å². The number of rotatable bonds is 6. The zero-order chi connectivity index (χ0) is 42.0. The van der Waals surface area contributed by atoms with Crippen LogP contribution >= 0.6 is 0 Å². The van der Waals surface area contributed by atoms with Gasteiger partial charge in [-0.2, -0.15) is 0 Å². The van der Waals surface area contributed by atoms with Crippen LogP contribution in [0.15, 0.2) is 11.6 Å². The summed E-state index contributed by atoms with van der Waals surface area (Å²) >= 11 is 0. The SMILES string of the molecule is C[C@@H]1CC[C@]2(C(=O)O[C@@H]3O[C@H](CO)[C@@H](O)[C@H](O)[C@H]3O)CC[C@]3(C)C(=CC[C@@H]4[C@@]5(C)C[C@@H](O)[C@H](O[C@@H]6O[C@H](CO)[C@@H](O)[C@H](O)[C@H]6O)C(C)(C)[C@@H]5CC[C@]43C)[C@@H]2[C@]1(C)O. The van der Waals surface area contributed by atoms with E-state index in [1.807, 2.05) is 6.92 Å². The van der Waals surface area contributed by atoms with Gasteiger partial charge in [-0.25, -0.2) is 0 Å². The normalized spacial score (nSPS) is 56.0. The zero-order valence-electron chi connectivity index (χ0n) is 34.4. The van der Waals surface area contributed by atoms with Crippen molar-refractivity contribution in [2.45, 2.75) is 179 Å². The van der Waals surface area contributed by atoms with Gasteiger partial charge in [0.2, 0.25) is 6.29 Å². The molecule has 0 spiro atoms. The van der Waals surface area contributed by atoms with Crippen LogP contribution < -0.4 is 0 Å². The average Bonchev–Trinajstić information content (AvgIpc) is 3.14. The van der Waals surface area contributed by atoms with Crippen LogP contribution in [0, 0.1) is 50.7 Å². The van der Waals surface area contributed by atoms with Crippen molar-refractivity contribution in [1.29, 1.82) is 0 Å². The Morgan fingerprint density at radius 2 is 1.33 bits per heavy atom. The first-order valence-corrected chi connectivity index (χ1v) is 21.1. The monoisotopic (exact) mass is 812 g/mol. The average molecular weight is 813 g/mol. The molecule has 15 nitrogen and oxygen atoms in total. The zero-order valence-corrected chi connectivity index (χ0v) is 34.4. The summed E-state index contributed by atoms with van der Waals surface area (Å²) < 4.78 is 23.6. The topological polar surface area (TPSA) is 256 Å². The van der Waals surface area contributed by atoms with E-state index >= 15 is 0 Å². The van der Waals surface area contributed by atoms with Gasteiger partial charge in [0.15, 0.2) is 6.29 Å². The Hall–Kier alpha value is -1.31. The van der Waals surface area contributed by atoms with Crippen LogP contribution in [0.3, 0.4) is 0 Å². The number of hydrogen-bond acceptors (Lipinski definition) is 15. The Labute approximate surface area is 335 Å². The standard InChI is InChI=1S/C42H68O15/c1-19-10-13-42(36(52)57-35-31(51)29(49)27(47)23(18-44)55-35)15-14-39(5)20(32(42)41(19,7)53)8-9-25-38(4)16-21(45)33(37(2,3)24(38)11-12-40(25,39)6)56-34-30(50)28(48)26(46)22(17-43)54-34/h8,19,21-35,43-51,53H,9-18H2,1-7H3/t19-,21-,22-,23-,24+,25-,26-,27-,28+,29+,30-,31-,32-,33+,34+,35+,38+,39-,40-,41-,42+/m1/s1. The van der Waals surface area contributed by atoms with Crippen molar-refractivity contribution < 1.29 is 74.8 Å². The summed E-state index contributed by atoms with van der Waals surface area (Å²) in [7, 11) is 0. The van der Waals surface area contributed by atoms with Gasteiger partial charge in [-0.15, -0.1) is 0 Å². The molecule has 2 saturated heterocycles. The van der Waals surface area contributed by atoms with E-state index in [0.717, 1.165) is 18.4 Å². The summed E-state index contributed by atoms with van der Waals surface area (Å²) in [6, 6.07) is 0. The highest BCUT2D eigenvalue weighted by Gasteiger charge is 2.72. The molecule has 2 aliphatic heterocycles. The third-order valence-electron chi connectivity index (χ3n) is 17.6. The van der Waals surface area contributed by atoms with E-state index in [1.165, 1.54) is 0 Å². The van der Waals surface area contributed by atoms with Crippen molar-refractivity contribution in [2.24, 2.45) is 50.7 Å². The van der Waals surface area contributed by atoms with Gasteiger partial charge in [0.25, 0.3) is 0 Å². The van der Waals surface area contributed by atoms with Gasteiger partial charge < -0.3 is 70.0 Å². The Morgan fingerprint density at radius 3 is 1.93 bits per heavy atom. The quantitative estimate of drug-likeness (QED) is 0.0981. The minimum absolute atomic E-state index is 0.0499. The number of allylic oxidation sites excluding steroid dienone is 1. The molecular weight excluding hydrogens is 744 g/mol. The van der Waals surface area contributed by atoms with E-state index in [4.69, 9.17) is 18.9 Å². The maximum absolute atomic E-state index is 14.6. The molecular formula is C42H68O15. The van der Waals surface area contributed by atoms with Crippen molar-refractivity contribution >= 4 is 5.97 Å². The molecule has 7 aliphatic rings. The van der Waals surface area contributed by atoms with Crippen LogP contribution in [0.5, 0.6) is 0 Å². The maximum Gasteiger partial charge on any atom is 0.315 e. The van der Waals surface area contributed by atoms with Gasteiger partial charge >= 0.3 is 5.97 Å². The first kappa shape index (κ1) is 43.8. The van der Waals surface area contributed by atoms with E-state index in [1.54, 1.807) is 6.92 Å². The van der Waals surface area contributed by atoms with Gasteiger partial charge in [0, 0.05) is 5.92 Å². The van der Waals surface area contributed by atoms with Crippen LogP contribution in [-0.4, -0.2) is 149 Å². The number of aliphatic hydroxyl groups excluding tert-OH is 9. The molecule has 326 valence electrons. The molecule has 0 unspecified atom stereocenters. The number of ether oxygens (including phenoxy) is 4. The Balaban J connectivity index is 1.20. The lowest BCUT2D eigenvalue weighted by Gasteiger charge is -2.72. The van der Waals surface area contributed by atoms with Crippen molar-refractivity contribution in [3.63, 3.8) is 0 Å². The largest absolute Gasteiger partial charge is 0.432 e. The summed E-state index contributed by atoms with van der Waals surface area (Å²) in [5.74, 6) is -1.32. The van der Waals surface area contributed by atoms with Gasteiger partial charge in [0.05, 0.1) is 36.4 Å². The fourth-order valence-corrected chi connectivity index (χ4v) is 13.9. The number of fused-ring (bicyclic) bond motifs is 7. The van der Waals surface area contributed by atoms with E-state index in [0.29, 0.717) is 38.5 Å². The van der Waals surface area contributed by atoms with Gasteiger partial charge in [-0.05, 0) is 97.7 Å². The van der Waals surface area contributed by atoms with Crippen molar-refractivity contribution in [3.05, 3.63) is 11.6 Å². The smallest absolute Gasteiger partial charge is 0.315 e. The van der Waals surface area contributed by atoms with Crippen LogP contribution in [0.4, 0.5) is 0 Å². The molecule has 0 radical (unpaired) electrons. The number of aliphatic hydroxyl groups is 10. The molecule has 7 rings (SSSR count). The highest BCUT2D eigenvalue weighted by molar-refractivity contribution is 5.79. The summed E-state index contributed by atoms with van der Waals surface area (Å²) in [6.07, 6.45) is -10.2. The lowest BCUT2D eigenvalue weighted by Crippen LogP contribution is -2.70. The van der Waals surface area contributed by atoms with Crippen molar-refractivity contribution in [1.82, 2.24) is 0 Å². The van der Waals surface area contributed by atoms with Crippen LogP contribution in [0.25, 0.3) is 0 Å². The number of esters is 1. The predicted octanol–water partition coefficient (Wildman–Crippen LogP) is 0.258. The number of hydrogen-bond donors (Lipinski definition) is 10. The predicted molar refractivity (Wildman–Crippen MR) is 200 cm³/mol. The van der Waals surface area contributed by atoms with Crippen LogP contribution in [-0.2, 0) is 23.7 Å². The molecule has 2 heterocycles.